The van der Waals surface area contributed by atoms with Crippen molar-refractivity contribution in [2.75, 3.05) is 19.8 Å². The molecule has 7 heteroatoms. The molecule has 0 atom stereocenters. The number of hydrogen-bond donors (Lipinski definition) is 1. The minimum absolute atomic E-state index is 0.0378. The minimum atomic E-state index is -0.704. The Morgan fingerprint density at radius 1 is 1.28 bits per heavy atom. The number of nitrogens with zero attached hydrogens (tertiary/aromatic N) is 1. The van der Waals surface area contributed by atoms with Gasteiger partial charge in [0.1, 0.15) is 23.1 Å². The van der Waals surface area contributed by atoms with Gasteiger partial charge in [-0.1, -0.05) is 5.16 Å². The number of ether oxygens (including phenoxy) is 1. The molecule has 1 aliphatic heterocycles. The SMILES string of the molecule is CCNC(=O)C1(Cc2cc(-c3ccc(F)cc3F)no2)CCOCC1. The molecule has 0 radical (unpaired) electrons. The number of aromatic nitrogens is 1. The fraction of sp³-hybridized carbons (Fsp3) is 0.444. The first-order valence-electron chi connectivity index (χ1n) is 8.31. The first kappa shape index (κ1) is 17.5. The number of hydrogen-bond acceptors (Lipinski definition) is 4. The van der Waals surface area contributed by atoms with Crippen LogP contribution >= 0.6 is 0 Å². The van der Waals surface area contributed by atoms with Crippen LogP contribution in [-0.4, -0.2) is 30.8 Å². The van der Waals surface area contributed by atoms with Crippen LogP contribution in [0.25, 0.3) is 11.3 Å². The lowest BCUT2D eigenvalue weighted by Crippen LogP contribution is -2.46. The molecule has 1 N–H and O–H groups in total. The number of halogens is 2. The lowest BCUT2D eigenvalue weighted by molar-refractivity contribution is -0.136. The maximum Gasteiger partial charge on any atom is 0.226 e. The maximum absolute atomic E-state index is 13.9. The number of rotatable bonds is 5. The van der Waals surface area contributed by atoms with Crippen LogP contribution in [0.5, 0.6) is 0 Å². The van der Waals surface area contributed by atoms with Crippen molar-refractivity contribution in [3.63, 3.8) is 0 Å². The van der Waals surface area contributed by atoms with Crippen LogP contribution in [-0.2, 0) is 16.0 Å². The number of amides is 1. The molecule has 134 valence electrons. The van der Waals surface area contributed by atoms with E-state index in [1.165, 1.54) is 12.1 Å². The molecule has 1 aromatic heterocycles. The predicted molar refractivity (Wildman–Crippen MR) is 86.7 cm³/mol. The first-order valence-corrected chi connectivity index (χ1v) is 8.31. The fourth-order valence-corrected chi connectivity index (χ4v) is 3.15. The highest BCUT2D eigenvalue weighted by Gasteiger charge is 2.41. The second kappa shape index (κ2) is 7.31. The number of carbonyl (C=O) groups excluding carboxylic acids is 1. The van der Waals surface area contributed by atoms with Gasteiger partial charge in [0.25, 0.3) is 0 Å². The Labute approximate surface area is 144 Å². The van der Waals surface area contributed by atoms with Crippen molar-refractivity contribution in [2.45, 2.75) is 26.2 Å². The average molecular weight is 350 g/mol. The van der Waals surface area contributed by atoms with Gasteiger partial charge in [0, 0.05) is 43.9 Å². The number of nitrogens with one attached hydrogen (secondary N) is 1. The van der Waals surface area contributed by atoms with Crippen molar-refractivity contribution in [2.24, 2.45) is 5.41 Å². The molecule has 3 rings (SSSR count). The zero-order valence-electron chi connectivity index (χ0n) is 14.0. The van der Waals surface area contributed by atoms with Gasteiger partial charge in [-0.3, -0.25) is 4.79 Å². The summed E-state index contributed by atoms with van der Waals surface area (Å²) in [6.45, 7) is 3.42. The fourth-order valence-electron chi connectivity index (χ4n) is 3.15. The van der Waals surface area contributed by atoms with Crippen molar-refractivity contribution in [1.29, 1.82) is 0 Å². The maximum atomic E-state index is 13.9. The number of carbonyl (C=O) groups is 1. The molecule has 2 aromatic rings. The average Bonchev–Trinajstić information content (AvgIpc) is 3.04. The quantitative estimate of drug-likeness (QED) is 0.900. The van der Waals surface area contributed by atoms with Gasteiger partial charge in [0.2, 0.25) is 5.91 Å². The van der Waals surface area contributed by atoms with Gasteiger partial charge in [0.15, 0.2) is 0 Å². The zero-order valence-corrected chi connectivity index (χ0v) is 14.0. The molecule has 0 saturated carbocycles. The van der Waals surface area contributed by atoms with E-state index in [4.69, 9.17) is 9.26 Å². The van der Waals surface area contributed by atoms with Crippen LogP contribution in [0.15, 0.2) is 28.8 Å². The van der Waals surface area contributed by atoms with E-state index >= 15 is 0 Å². The summed E-state index contributed by atoms with van der Waals surface area (Å²) in [6, 6.07) is 4.90. The van der Waals surface area contributed by atoms with E-state index in [-0.39, 0.29) is 17.2 Å². The third-order valence-corrected chi connectivity index (χ3v) is 4.55. The molecular formula is C18H20F2N2O3. The van der Waals surface area contributed by atoms with Crippen LogP contribution in [0.1, 0.15) is 25.5 Å². The topological polar surface area (TPSA) is 64.4 Å². The van der Waals surface area contributed by atoms with Gasteiger partial charge in [-0.05, 0) is 31.9 Å². The van der Waals surface area contributed by atoms with Gasteiger partial charge in [0.05, 0.1) is 5.41 Å². The summed E-state index contributed by atoms with van der Waals surface area (Å²) in [5, 5.41) is 6.75. The Kier molecular flexibility index (Phi) is 5.13. The Hall–Kier alpha value is -2.28. The third kappa shape index (κ3) is 3.71. The standard InChI is InChI=1S/C18H20F2N2O3/c1-2-21-17(23)18(5-7-24-8-6-18)11-13-10-16(22-25-13)14-4-3-12(19)9-15(14)20/h3-4,9-10H,2,5-8,11H2,1H3,(H,21,23). The van der Waals surface area contributed by atoms with Crippen LogP contribution in [0.2, 0.25) is 0 Å². The van der Waals surface area contributed by atoms with Crippen molar-refractivity contribution in [3.8, 4) is 11.3 Å². The predicted octanol–water partition coefficient (Wildman–Crippen LogP) is 3.10. The van der Waals surface area contributed by atoms with Crippen molar-refractivity contribution in [3.05, 3.63) is 41.7 Å². The van der Waals surface area contributed by atoms with Gasteiger partial charge in [-0.25, -0.2) is 8.78 Å². The molecular weight excluding hydrogens is 330 g/mol. The molecule has 1 fully saturated rings. The third-order valence-electron chi connectivity index (χ3n) is 4.55. The Morgan fingerprint density at radius 3 is 2.72 bits per heavy atom. The van der Waals surface area contributed by atoms with Crippen molar-refractivity contribution >= 4 is 5.91 Å². The van der Waals surface area contributed by atoms with E-state index in [0.717, 1.165) is 6.07 Å². The Bertz CT molecular complexity index is 755. The van der Waals surface area contributed by atoms with Gasteiger partial charge >= 0.3 is 0 Å². The van der Waals surface area contributed by atoms with E-state index in [0.29, 0.717) is 44.8 Å². The lowest BCUT2D eigenvalue weighted by Gasteiger charge is -2.34. The summed E-state index contributed by atoms with van der Waals surface area (Å²) in [5.74, 6) is -0.900. The molecule has 1 aromatic carbocycles. The van der Waals surface area contributed by atoms with Gasteiger partial charge in [-0.2, -0.15) is 0 Å². The molecule has 2 heterocycles. The molecule has 1 saturated heterocycles. The smallest absolute Gasteiger partial charge is 0.226 e. The second-order valence-corrected chi connectivity index (χ2v) is 6.23. The molecule has 0 spiro atoms. The largest absolute Gasteiger partial charge is 0.381 e. The van der Waals surface area contributed by atoms with E-state index < -0.39 is 17.0 Å². The minimum Gasteiger partial charge on any atom is -0.381 e. The molecule has 25 heavy (non-hydrogen) atoms. The van der Waals surface area contributed by atoms with Gasteiger partial charge < -0.3 is 14.6 Å². The molecule has 0 bridgehead atoms. The molecule has 5 nitrogen and oxygen atoms in total. The Balaban J connectivity index is 1.84. The van der Waals surface area contributed by atoms with Crippen molar-refractivity contribution < 1.29 is 22.8 Å². The Morgan fingerprint density at radius 2 is 2.04 bits per heavy atom. The summed E-state index contributed by atoms with van der Waals surface area (Å²) in [7, 11) is 0. The lowest BCUT2D eigenvalue weighted by atomic mass is 9.75. The molecule has 0 aliphatic carbocycles. The summed E-state index contributed by atoms with van der Waals surface area (Å²) in [6.07, 6.45) is 1.53. The van der Waals surface area contributed by atoms with Crippen molar-refractivity contribution in [1.82, 2.24) is 10.5 Å². The van der Waals surface area contributed by atoms with Crippen LogP contribution in [0.3, 0.4) is 0 Å². The monoisotopic (exact) mass is 350 g/mol. The normalized spacial score (nSPS) is 16.6. The zero-order chi connectivity index (χ0) is 17.9. The van der Waals surface area contributed by atoms with E-state index in [9.17, 15) is 13.6 Å². The highest BCUT2D eigenvalue weighted by molar-refractivity contribution is 5.83. The van der Waals surface area contributed by atoms with E-state index in [2.05, 4.69) is 10.5 Å². The van der Waals surface area contributed by atoms with E-state index in [1.807, 2.05) is 6.92 Å². The highest BCUT2D eigenvalue weighted by atomic mass is 19.1. The highest BCUT2D eigenvalue weighted by Crippen LogP contribution is 2.36. The molecule has 1 aliphatic rings. The first-order chi connectivity index (χ1) is 12.0. The van der Waals surface area contributed by atoms with Crippen LogP contribution in [0.4, 0.5) is 8.78 Å². The van der Waals surface area contributed by atoms with Gasteiger partial charge in [-0.15, -0.1) is 0 Å². The summed E-state index contributed by atoms with van der Waals surface area (Å²) < 4.78 is 37.7. The molecule has 1 amide bonds. The molecule has 0 unspecified atom stereocenters. The van der Waals surface area contributed by atoms with Crippen LogP contribution in [0, 0.1) is 17.0 Å². The van der Waals surface area contributed by atoms with Crippen LogP contribution < -0.4 is 5.32 Å². The second-order valence-electron chi connectivity index (χ2n) is 6.23. The number of benzene rings is 1. The van der Waals surface area contributed by atoms with E-state index in [1.54, 1.807) is 6.07 Å². The summed E-state index contributed by atoms with van der Waals surface area (Å²) in [4.78, 5) is 12.6. The summed E-state index contributed by atoms with van der Waals surface area (Å²) >= 11 is 0. The summed E-state index contributed by atoms with van der Waals surface area (Å²) in [5.41, 5.74) is -0.173.